The van der Waals surface area contributed by atoms with E-state index in [2.05, 4.69) is 29.2 Å². The molecule has 1 aromatic heterocycles. The van der Waals surface area contributed by atoms with Crippen LogP contribution in [0.3, 0.4) is 0 Å². The number of fused-ring (bicyclic) bond motifs is 4. The smallest absolute Gasteiger partial charge is 0.265 e. The monoisotopic (exact) mass is 746 g/mol. The summed E-state index contributed by atoms with van der Waals surface area (Å²) in [5.74, 6) is -2.06. The number of nitrogens with one attached hydrogen (secondary N) is 1. The molecule has 0 unspecified atom stereocenters. The van der Waals surface area contributed by atoms with E-state index in [0.717, 1.165) is 27.9 Å². The summed E-state index contributed by atoms with van der Waals surface area (Å²) in [6.07, 6.45) is 3.04. The number of rotatable bonds is 12. The van der Waals surface area contributed by atoms with Gasteiger partial charge in [-0.3, -0.25) is 14.5 Å². The maximum Gasteiger partial charge on any atom is 0.265 e. The molecule has 11 heteroatoms. The molecule has 0 bridgehead atoms. The molecule has 55 heavy (non-hydrogen) atoms. The number of aliphatic hydroxyl groups excluding tert-OH is 1. The molecule has 4 aliphatic rings. The van der Waals surface area contributed by atoms with Crippen LogP contribution in [-0.4, -0.2) is 71.2 Å². The van der Waals surface area contributed by atoms with E-state index in [1.165, 1.54) is 12.8 Å². The van der Waals surface area contributed by atoms with Crippen LogP contribution in [0.4, 0.5) is 5.69 Å². The molecule has 4 atom stereocenters. The number of benzene rings is 3. The van der Waals surface area contributed by atoms with Crippen LogP contribution in [0, 0.1) is 17.8 Å². The lowest BCUT2D eigenvalue weighted by Gasteiger charge is -2.49. The zero-order chi connectivity index (χ0) is 38.8. The topological polar surface area (TPSA) is 138 Å². The Bertz CT molecular complexity index is 2160. The lowest BCUT2D eigenvalue weighted by molar-refractivity contribution is -0.142. The van der Waals surface area contributed by atoms with Gasteiger partial charge in [0.1, 0.15) is 30.3 Å². The van der Waals surface area contributed by atoms with E-state index in [1.54, 1.807) is 0 Å². The lowest BCUT2D eigenvalue weighted by Crippen LogP contribution is -2.63. The maximum atomic E-state index is 14.9. The van der Waals surface area contributed by atoms with Gasteiger partial charge in [-0.25, -0.2) is 0 Å². The average molecular weight is 747 g/mol. The number of carbonyl (C=O) groups is 2. The first-order chi connectivity index (χ1) is 26.3. The van der Waals surface area contributed by atoms with Crippen molar-refractivity contribution >= 4 is 23.0 Å². The molecule has 0 radical (unpaired) electrons. The van der Waals surface area contributed by atoms with E-state index >= 15 is 0 Å². The molecule has 2 saturated carbocycles. The number of ketones is 2. The van der Waals surface area contributed by atoms with Gasteiger partial charge in [0.05, 0.1) is 11.6 Å². The molecule has 1 heterocycles. The van der Waals surface area contributed by atoms with Gasteiger partial charge in [0.25, 0.3) is 5.88 Å². The molecule has 0 spiro atoms. The van der Waals surface area contributed by atoms with Gasteiger partial charge < -0.3 is 34.4 Å². The normalized spacial score (nSPS) is 23.2. The third kappa shape index (κ3) is 6.32. The molecule has 2 fully saturated rings. The fraction of sp³-hybridized carbons (Fsp3) is 0.432. The summed E-state index contributed by atoms with van der Waals surface area (Å²) in [7, 11) is 7.62. The summed E-state index contributed by atoms with van der Waals surface area (Å²) in [6, 6.07) is 20.5. The van der Waals surface area contributed by atoms with Crippen molar-refractivity contribution < 1.29 is 33.8 Å². The molecular formula is C44H50N4O7. The second kappa shape index (κ2) is 14.0. The van der Waals surface area contributed by atoms with Crippen LogP contribution < -0.4 is 19.7 Å². The first-order valence-electron chi connectivity index (χ1n) is 19.2. The molecular weight excluding hydrogens is 697 g/mol. The predicted molar refractivity (Wildman–Crippen MR) is 208 cm³/mol. The number of ether oxygens (including phenoxy) is 2. The first kappa shape index (κ1) is 37.0. The first-order valence-corrected chi connectivity index (χ1v) is 19.2. The number of aromatic nitrogens is 1. The zero-order valence-corrected chi connectivity index (χ0v) is 32.4. The van der Waals surface area contributed by atoms with Crippen molar-refractivity contribution in [3.05, 3.63) is 111 Å². The number of hydrogen-bond acceptors (Lipinski definition) is 11. The van der Waals surface area contributed by atoms with E-state index in [0.29, 0.717) is 30.2 Å². The number of hydrogen-bond donors (Lipinski definition) is 3. The van der Waals surface area contributed by atoms with Crippen molar-refractivity contribution in [3.63, 3.8) is 0 Å². The predicted octanol–water partition coefficient (Wildman–Crippen LogP) is 6.44. The van der Waals surface area contributed by atoms with Crippen molar-refractivity contribution in [1.29, 1.82) is 0 Å². The summed E-state index contributed by atoms with van der Waals surface area (Å²) in [5.41, 5.74) is 2.48. The second-order valence-corrected chi connectivity index (χ2v) is 16.6. The highest BCUT2D eigenvalue weighted by Gasteiger charge is 2.65. The fourth-order valence-corrected chi connectivity index (χ4v) is 9.17. The Morgan fingerprint density at radius 1 is 0.927 bits per heavy atom. The van der Waals surface area contributed by atoms with Gasteiger partial charge in [-0.1, -0.05) is 60.7 Å². The summed E-state index contributed by atoms with van der Waals surface area (Å²) in [5, 5.41) is 32.9. The Balaban J connectivity index is 1.23. The van der Waals surface area contributed by atoms with E-state index in [9.17, 15) is 19.8 Å². The minimum absolute atomic E-state index is 0.0405. The lowest BCUT2D eigenvalue weighted by atomic mass is 9.57. The standard InChI is InChI=1S/C44H50N4O7/c1-43(2,29-17-18-29)45-22-28-21-32(53-23-25-13-9-7-10-14-25)34-30(36(28)47(3)4)19-27-20-31-37(48(5)6)39-35(41(51)44(31,52)40(50)33(27)38(34)49)42(46-55-39)54-24-26-15-11-8-12-16-26/h7-16,21,27,29,31,37,45,49,52H,17-20,22-24H2,1-6H3/t27-,31-,37-,44-/m0/s1. The minimum Gasteiger partial charge on any atom is -0.507 e. The van der Waals surface area contributed by atoms with Crippen molar-refractivity contribution in [2.75, 3.05) is 33.1 Å². The molecule has 11 nitrogen and oxygen atoms in total. The Hall–Kier alpha value is -4.97. The largest absolute Gasteiger partial charge is 0.507 e. The average Bonchev–Trinajstić information content (AvgIpc) is 3.95. The Kier molecular flexibility index (Phi) is 9.38. The molecule has 8 rings (SSSR count). The quantitative estimate of drug-likeness (QED) is 0.138. The summed E-state index contributed by atoms with van der Waals surface area (Å²) in [6.45, 7) is 5.41. The number of aliphatic hydroxyl groups is 2. The highest BCUT2D eigenvalue weighted by Crippen LogP contribution is 2.57. The van der Waals surface area contributed by atoms with Crippen molar-refractivity contribution in [1.82, 2.24) is 15.4 Å². The fourth-order valence-electron chi connectivity index (χ4n) is 9.17. The number of Topliss-reactive ketones (excluding diaryl/α,β-unsaturated/α-hetero) is 2. The van der Waals surface area contributed by atoms with E-state index in [1.807, 2.05) is 99.8 Å². The number of nitrogens with zero attached hydrogens (tertiary/aromatic N) is 3. The summed E-state index contributed by atoms with van der Waals surface area (Å²) in [4.78, 5) is 33.4. The van der Waals surface area contributed by atoms with Gasteiger partial charge in [0.15, 0.2) is 11.4 Å². The molecule has 0 aliphatic heterocycles. The van der Waals surface area contributed by atoms with Gasteiger partial charge in [0.2, 0.25) is 11.6 Å². The van der Waals surface area contributed by atoms with Gasteiger partial charge in [-0.2, -0.15) is 0 Å². The van der Waals surface area contributed by atoms with E-state index < -0.39 is 35.0 Å². The van der Waals surface area contributed by atoms with E-state index in [-0.39, 0.29) is 53.7 Å². The highest BCUT2D eigenvalue weighted by molar-refractivity contribution is 6.26. The molecule has 4 aromatic rings. The van der Waals surface area contributed by atoms with Gasteiger partial charge in [-0.15, -0.1) is 0 Å². The van der Waals surface area contributed by atoms with Crippen LogP contribution in [0.2, 0.25) is 0 Å². The Labute approximate surface area is 321 Å². The van der Waals surface area contributed by atoms with Crippen LogP contribution >= 0.6 is 0 Å². The zero-order valence-electron chi connectivity index (χ0n) is 32.4. The third-order valence-corrected chi connectivity index (χ3v) is 12.2. The number of carbonyl (C=O) groups excluding carboxylic acids is 2. The molecule has 3 aromatic carbocycles. The van der Waals surface area contributed by atoms with E-state index in [4.69, 9.17) is 14.0 Å². The van der Waals surface area contributed by atoms with Crippen molar-refractivity contribution in [2.24, 2.45) is 17.8 Å². The number of anilines is 1. The Morgan fingerprint density at radius 3 is 2.16 bits per heavy atom. The second-order valence-electron chi connectivity index (χ2n) is 16.6. The van der Waals surface area contributed by atoms with Crippen LogP contribution in [0.5, 0.6) is 11.6 Å². The van der Waals surface area contributed by atoms with Crippen LogP contribution in [-0.2, 0) is 31.0 Å². The van der Waals surface area contributed by atoms with Crippen molar-refractivity contribution in [3.8, 4) is 11.6 Å². The maximum absolute atomic E-state index is 14.9. The molecule has 3 N–H and O–H groups in total. The molecule has 288 valence electrons. The van der Waals surface area contributed by atoms with Gasteiger partial charge in [0, 0.05) is 43.4 Å². The highest BCUT2D eigenvalue weighted by atomic mass is 16.5. The van der Waals surface area contributed by atoms with Crippen LogP contribution in [0.15, 0.2) is 76.8 Å². The Morgan fingerprint density at radius 2 is 1.56 bits per heavy atom. The van der Waals surface area contributed by atoms with Crippen LogP contribution in [0.25, 0.3) is 5.76 Å². The molecule has 4 aliphatic carbocycles. The summed E-state index contributed by atoms with van der Waals surface area (Å²) < 4.78 is 18.4. The third-order valence-electron chi connectivity index (χ3n) is 12.2. The van der Waals surface area contributed by atoms with Crippen LogP contribution in [0.1, 0.15) is 83.1 Å². The minimum atomic E-state index is -2.50. The van der Waals surface area contributed by atoms with Crippen molar-refractivity contribution in [2.45, 2.75) is 76.5 Å². The SMILES string of the molecule is CN(C)c1c(CNC(C)(C)C2CC2)cc(OCc2ccccc2)c2c1C[C@H]1C[C@H]3[C@H](N(C)C)c4onc(OCc5ccccc5)c4C(=O)[C@@]3(O)C(=O)C1=C2O. The molecule has 0 amide bonds. The van der Waals surface area contributed by atoms with Gasteiger partial charge >= 0.3 is 0 Å². The molecule has 0 saturated heterocycles. The van der Waals surface area contributed by atoms with Gasteiger partial charge in [-0.05, 0) is 98.9 Å². The summed E-state index contributed by atoms with van der Waals surface area (Å²) >= 11 is 0.